The van der Waals surface area contributed by atoms with Gasteiger partial charge in [-0.15, -0.1) is 0 Å². The van der Waals surface area contributed by atoms with Gasteiger partial charge in [-0.2, -0.15) is 0 Å². The van der Waals surface area contributed by atoms with Crippen LogP contribution in [-0.2, 0) is 0 Å². The Hall–Kier alpha value is -1.14. The van der Waals surface area contributed by atoms with Crippen molar-refractivity contribution in [3.8, 4) is 5.69 Å². The van der Waals surface area contributed by atoms with E-state index < -0.39 is 0 Å². The first-order valence-electron chi connectivity index (χ1n) is 5.62. The molecule has 0 saturated carbocycles. The molecule has 3 rings (SSSR count). The molecule has 0 aliphatic rings. The Labute approximate surface area is 124 Å². The van der Waals surface area contributed by atoms with E-state index in [1.807, 2.05) is 0 Å². The summed E-state index contributed by atoms with van der Waals surface area (Å²) in [5.74, 6) is 0. The van der Waals surface area contributed by atoms with Gasteiger partial charge in [0.05, 0.1) is 11.0 Å². The normalized spacial score (nSPS) is 11.0. The van der Waals surface area contributed by atoms with Crippen LogP contribution in [0, 0.1) is 15.3 Å². The number of hydrogen-bond donors (Lipinski definition) is 1. The topological polar surface area (TPSA) is 20.7 Å². The zero-order chi connectivity index (χ0) is 12.7. The van der Waals surface area contributed by atoms with Crippen LogP contribution in [0.1, 0.15) is 5.56 Å². The Morgan fingerprint density at radius 2 is 1.83 bits per heavy atom. The fourth-order valence-electron chi connectivity index (χ4n) is 2.03. The number of benzene rings is 2. The van der Waals surface area contributed by atoms with Crippen molar-refractivity contribution in [2.24, 2.45) is 0 Å². The average molecular weight is 366 g/mol. The maximum Gasteiger partial charge on any atom is 0.182 e. The summed E-state index contributed by atoms with van der Waals surface area (Å²) >= 11 is 7.72. The third-order valence-electron chi connectivity index (χ3n) is 2.94. The van der Waals surface area contributed by atoms with Crippen molar-refractivity contribution in [3.63, 3.8) is 0 Å². The van der Waals surface area contributed by atoms with Gasteiger partial charge in [0.1, 0.15) is 0 Å². The number of imidazole rings is 1. The summed E-state index contributed by atoms with van der Waals surface area (Å²) < 4.78 is 4.00. The van der Waals surface area contributed by atoms with E-state index in [1.54, 1.807) is 0 Å². The highest BCUT2D eigenvalue weighted by Gasteiger charge is 2.06. The number of nitrogens with one attached hydrogen (secondary N) is 1. The quantitative estimate of drug-likeness (QED) is 0.493. The largest absolute Gasteiger partial charge is 0.330 e. The number of aromatic amines is 1. The second-order valence-electron chi connectivity index (χ2n) is 4.26. The summed E-state index contributed by atoms with van der Waals surface area (Å²) in [6.07, 6.45) is 0. The minimum absolute atomic E-state index is 0.732. The molecule has 0 amide bonds. The lowest BCUT2D eigenvalue weighted by Crippen LogP contribution is -1.93. The monoisotopic (exact) mass is 366 g/mol. The van der Waals surface area contributed by atoms with Gasteiger partial charge in [-0.25, -0.2) is 0 Å². The van der Waals surface area contributed by atoms with Gasteiger partial charge in [-0.05, 0) is 72.1 Å². The van der Waals surface area contributed by atoms with Gasteiger partial charge in [0.25, 0.3) is 0 Å². The number of rotatable bonds is 1. The van der Waals surface area contributed by atoms with E-state index >= 15 is 0 Å². The van der Waals surface area contributed by atoms with Crippen molar-refractivity contribution in [2.75, 3.05) is 0 Å². The first kappa shape index (κ1) is 11.9. The van der Waals surface area contributed by atoms with Crippen molar-refractivity contribution < 1.29 is 0 Å². The molecule has 0 unspecified atom stereocenters. The lowest BCUT2D eigenvalue weighted by molar-refractivity contribution is 1.06. The summed E-state index contributed by atoms with van der Waals surface area (Å²) in [5, 5.41) is 0. The molecule has 2 nitrogen and oxygen atoms in total. The van der Waals surface area contributed by atoms with Crippen LogP contribution < -0.4 is 0 Å². The van der Waals surface area contributed by atoms with Gasteiger partial charge in [0.2, 0.25) is 0 Å². The maximum absolute atomic E-state index is 5.42. The van der Waals surface area contributed by atoms with Gasteiger partial charge in [0.15, 0.2) is 4.77 Å². The fraction of sp³-hybridized carbons (Fsp3) is 0.0714. The lowest BCUT2D eigenvalue weighted by atomic mass is 10.2. The highest BCUT2D eigenvalue weighted by atomic mass is 127. The molecule has 1 aromatic heterocycles. The molecule has 1 heterocycles. The Balaban J connectivity index is 2.32. The predicted octanol–water partition coefficient (Wildman–Crippen LogP) is 4.60. The van der Waals surface area contributed by atoms with Crippen molar-refractivity contribution in [1.82, 2.24) is 9.55 Å². The number of aryl methyl sites for hydroxylation is 1. The third-order valence-corrected chi connectivity index (χ3v) is 3.89. The average Bonchev–Trinajstić information content (AvgIpc) is 2.65. The summed E-state index contributed by atoms with van der Waals surface area (Å²) in [5.41, 5.74) is 4.54. The molecule has 0 bridgehead atoms. The van der Waals surface area contributed by atoms with E-state index in [0.717, 1.165) is 21.5 Å². The van der Waals surface area contributed by atoms with E-state index in [0.29, 0.717) is 0 Å². The maximum atomic E-state index is 5.42. The van der Waals surface area contributed by atoms with E-state index in [9.17, 15) is 0 Å². The Morgan fingerprint density at radius 3 is 2.56 bits per heavy atom. The summed E-state index contributed by atoms with van der Waals surface area (Å²) in [6, 6.07) is 14.7. The predicted molar refractivity (Wildman–Crippen MR) is 85.9 cm³/mol. The van der Waals surface area contributed by atoms with Crippen LogP contribution in [0.5, 0.6) is 0 Å². The molecule has 18 heavy (non-hydrogen) atoms. The van der Waals surface area contributed by atoms with Crippen molar-refractivity contribution >= 4 is 45.8 Å². The Kier molecular flexibility index (Phi) is 2.99. The molecule has 0 aliphatic carbocycles. The Morgan fingerprint density at radius 1 is 1.11 bits per heavy atom. The standard InChI is InChI=1S/C14H11IN2S/c1-9-2-5-11(6-3-9)17-13-7-4-10(15)8-12(13)16-14(17)18/h2-8H,1H3,(H,16,18). The van der Waals surface area contributed by atoms with Crippen LogP contribution >= 0.6 is 34.8 Å². The number of aromatic nitrogens is 2. The van der Waals surface area contributed by atoms with E-state index in [1.165, 1.54) is 9.13 Å². The van der Waals surface area contributed by atoms with Crippen LogP contribution in [-0.4, -0.2) is 9.55 Å². The molecule has 0 aliphatic heterocycles. The van der Waals surface area contributed by atoms with E-state index in [-0.39, 0.29) is 0 Å². The van der Waals surface area contributed by atoms with Crippen molar-refractivity contribution in [1.29, 1.82) is 0 Å². The zero-order valence-corrected chi connectivity index (χ0v) is 12.7. The molecule has 3 aromatic rings. The van der Waals surface area contributed by atoms with Gasteiger partial charge < -0.3 is 4.98 Å². The number of H-pyrrole nitrogens is 1. The van der Waals surface area contributed by atoms with Gasteiger partial charge >= 0.3 is 0 Å². The lowest BCUT2D eigenvalue weighted by Gasteiger charge is -2.04. The minimum Gasteiger partial charge on any atom is -0.330 e. The number of halogens is 1. The number of nitrogens with zero attached hydrogens (tertiary/aromatic N) is 1. The highest BCUT2D eigenvalue weighted by molar-refractivity contribution is 14.1. The molecule has 4 heteroatoms. The molecule has 2 aromatic carbocycles. The summed E-state index contributed by atoms with van der Waals surface area (Å²) in [7, 11) is 0. The first-order chi connectivity index (χ1) is 8.65. The third kappa shape index (κ3) is 1.99. The van der Waals surface area contributed by atoms with Crippen LogP contribution in [0.2, 0.25) is 0 Å². The zero-order valence-electron chi connectivity index (χ0n) is 9.77. The van der Waals surface area contributed by atoms with E-state index in [4.69, 9.17) is 12.2 Å². The molecule has 0 fully saturated rings. The highest BCUT2D eigenvalue weighted by Crippen LogP contribution is 2.21. The van der Waals surface area contributed by atoms with Gasteiger partial charge in [0, 0.05) is 9.26 Å². The number of hydrogen-bond acceptors (Lipinski definition) is 1. The smallest absolute Gasteiger partial charge is 0.182 e. The Bertz CT molecular complexity index is 769. The molecule has 90 valence electrons. The number of fused-ring (bicyclic) bond motifs is 1. The summed E-state index contributed by atoms with van der Waals surface area (Å²) in [6.45, 7) is 2.08. The van der Waals surface area contributed by atoms with Crippen LogP contribution in [0.25, 0.3) is 16.7 Å². The van der Waals surface area contributed by atoms with Crippen LogP contribution in [0.4, 0.5) is 0 Å². The molecule has 1 N–H and O–H groups in total. The second-order valence-corrected chi connectivity index (χ2v) is 5.89. The molecular weight excluding hydrogens is 355 g/mol. The van der Waals surface area contributed by atoms with Crippen LogP contribution in [0.15, 0.2) is 42.5 Å². The van der Waals surface area contributed by atoms with Crippen LogP contribution in [0.3, 0.4) is 0 Å². The second kappa shape index (κ2) is 4.51. The molecule has 0 spiro atoms. The molecular formula is C14H11IN2S. The molecule has 0 radical (unpaired) electrons. The summed E-state index contributed by atoms with van der Waals surface area (Å²) in [4.78, 5) is 3.25. The fourth-order valence-corrected chi connectivity index (χ4v) is 2.84. The molecule has 0 saturated heterocycles. The van der Waals surface area contributed by atoms with Crippen molar-refractivity contribution in [3.05, 3.63) is 56.4 Å². The SMILES string of the molecule is Cc1ccc(-n2c(=S)[nH]c3cc(I)ccc32)cc1. The minimum atomic E-state index is 0.732. The van der Waals surface area contributed by atoms with Crippen molar-refractivity contribution in [2.45, 2.75) is 6.92 Å². The molecule has 0 atom stereocenters. The first-order valence-corrected chi connectivity index (χ1v) is 7.11. The van der Waals surface area contributed by atoms with E-state index in [2.05, 4.69) is 81.5 Å². The van der Waals surface area contributed by atoms with Gasteiger partial charge in [-0.3, -0.25) is 4.57 Å². The van der Waals surface area contributed by atoms with Gasteiger partial charge in [-0.1, -0.05) is 17.7 Å².